The fourth-order valence-electron chi connectivity index (χ4n) is 2.42. The first-order valence-corrected chi connectivity index (χ1v) is 8.23. The van der Waals surface area contributed by atoms with Crippen LogP contribution < -0.4 is 4.74 Å². The van der Waals surface area contributed by atoms with Crippen LogP contribution in [-0.4, -0.2) is 30.5 Å². The molecule has 1 aromatic carbocycles. The average molecular weight is 340 g/mol. The normalized spacial score (nSPS) is 15.8. The van der Waals surface area contributed by atoms with Crippen LogP contribution in [-0.2, 0) is 0 Å². The molecular weight excluding hydrogens is 318 g/mol. The van der Waals surface area contributed by atoms with Crippen molar-refractivity contribution in [3.8, 4) is 5.75 Å². The minimum absolute atomic E-state index is 0.134. The molecule has 1 heterocycles. The van der Waals surface area contributed by atoms with Gasteiger partial charge in [-0.1, -0.05) is 19.8 Å². The van der Waals surface area contributed by atoms with Gasteiger partial charge in [0.05, 0.1) is 11.1 Å². The first kappa shape index (κ1) is 15.4. The van der Waals surface area contributed by atoms with Crippen LogP contribution in [0.4, 0.5) is 0 Å². The fourth-order valence-corrected chi connectivity index (χ4v) is 2.91. The van der Waals surface area contributed by atoms with E-state index in [1.54, 1.807) is 0 Å². The molecular formula is C16H22BrNO2. The summed E-state index contributed by atoms with van der Waals surface area (Å²) in [5.74, 6) is 0.939. The van der Waals surface area contributed by atoms with Gasteiger partial charge in [-0.05, 0) is 53.4 Å². The molecule has 1 aliphatic heterocycles. The monoisotopic (exact) mass is 339 g/mol. The van der Waals surface area contributed by atoms with Crippen LogP contribution in [0.3, 0.4) is 0 Å². The number of carbonyl (C=O) groups is 1. The largest absolute Gasteiger partial charge is 0.492 e. The highest BCUT2D eigenvalue weighted by Gasteiger charge is 2.18. The second kappa shape index (κ2) is 7.67. The van der Waals surface area contributed by atoms with Gasteiger partial charge >= 0.3 is 0 Å². The highest BCUT2D eigenvalue weighted by Crippen LogP contribution is 2.27. The lowest BCUT2D eigenvalue weighted by atomic mass is 10.2. The van der Waals surface area contributed by atoms with Crippen LogP contribution in [0.25, 0.3) is 0 Å². The minimum Gasteiger partial charge on any atom is -0.492 e. The topological polar surface area (TPSA) is 29.5 Å². The number of hydrogen-bond donors (Lipinski definition) is 0. The molecule has 0 saturated carbocycles. The highest BCUT2D eigenvalue weighted by atomic mass is 79.9. The summed E-state index contributed by atoms with van der Waals surface area (Å²) >= 11 is 3.49. The number of likely N-dealkylation sites (tertiary alicyclic amines) is 1. The van der Waals surface area contributed by atoms with Crippen molar-refractivity contribution >= 4 is 21.8 Å². The lowest BCUT2D eigenvalue weighted by molar-refractivity contribution is 0.0761. The maximum atomic E-state index is 12.5. The molecule has 0 aromatic heterocycles. The van der Waals surface area contributed by atoms with Crippen molar-refractivity contribution in [1.82, 2.24) is 4.90 Å². The molecule has 1 fully saturated rings. The van der Waals surface area contributed by atoms with Crippen molar-refractivity contribution in [2.75, 3.05) is 19.7 Å². The summed E-state index contributed by atoms with van der Waals surface area (Å²) in [6.07, 6.45) is 5.67. The summed E-state index contributed by atoms with van der Waals surface area (Å²) in [6.45, 7) is 4.53. The number of nitrogens with zero attached hydrogens (tertiary/aromatic N) is 1. The van der Waals surface area contributed by atoms with E-state index in [2.05, 4.69) is 22.9 Å². The molecule has 0 aliphatic carbocycles. The van der Waals surface area contributed by atoms with Crippen LogP contribution in [0.15, 0.2) is 22.7 Å². The third-order valence-electron chi connectivity index (χ3n) is 3.53. The van der Waals surface area contributed by atoms with E-state index < -0.39 is 0 Å². The van der Waals surface area contributed by atoms with Crippen molar-refractivity contribution in [2.24, 2.45) is 0 Å². The zero-order chi connectivity index (χ0) is 14.4. The standard InChI is InChI=1S/C16H22BrNO2/c1-2-11-20-15-8-7-13(12-14(15)17)16(19)18-9-5-3-4-6-10-18/h7-8,12H,2-6,9-11H2,1H3. The van der Waals surface area contributed by atoms with Crippen LogP contribution in [0.2, 0.25) is 0 Å². The third-order valence-corrected chi connectivity index (χ3v) is 4.15. The van der Waals surface area contributed by atoms with E-state index in [-0.39, 0.29) is 5.91 Å². The molecule has 4 heteroatoms. The van der Waals surface area contributed by atoms with E-state index >= 15 is 0 Å². The SMILES string of the molecule is CCCOc1ccc(C(=O)N2CCCCCC2)cc1Br. The smallest absolute Gasteiger partial charge is 0.253 e. The summed E-state index contributed by atoms with van der Waals surface area (Å²) < 4.78 is 6.47. The van der Waals surface area contributed by atoms with Crippen molar-refractivity contribution in [1.29, 1.82) is 0 Å². The van der Waals surface area contributed by atoms with Crippen molar-refractivity contribution in [3.05, 3.63) is 28.2 Å². The number of benzene rings is 1. The van der Waals surface area contributed by atoms with Gasteiger partial charge in [-0.2, -0.15) is 0 Å². The predicted molar refractivity (Wildman–Crippen MR) is 84.3 cm³/mol. The Kier molecular flexibility index (Phi) is 5.89. The molecule has 0 radical (unpaired) electrons. The Morgan fingerprint density at radius 1 is 1.25 bits per heavy atom. The molecule has 20 heavy (non-hydrogen) atoms. The van der Waals surface area contributed by atoms with Crippen molar-refractivity contribution < 1.29 is 9.53 Å². The van der Waals surface area contributed by atoms with Gasteiger partial charge in [0.25, 0.3) is 5.91 Å². The van der Waals surface area contributed by atoms with Crippen LogP contribution >= 0.6 is 15.9 Å². The Balaban J connectivity index is 2.07. The van der Waals surface area contributed by atoms with E-state index in [1.807, 2.05) is 23.1 Å². The number of ether oxygens (including phenoxy) is 1. The Bertz CT molecular complexity index is 454. The molecule has 3 nitrogen and oxygen atoms in total. The molecule has 1 aromatic rings. The molecule has 1 amide bonds. The maximum Gasteiger partial charge on any atom is 0.253 e. The Hall–Kier alpha value is -1.03. The number of carbonyl (C=O) groups excluding carboxylic acids is 1. The van der Waals surface area contributed by atoms with Gasteiger partial charge in [-0.3, -0.25) is 4.79 Å². The maximum absolute atomic E-state index is 12.5. The second-order valence-electron chi connectivity index (χ2n) is 5.20. The first-order chi connectivity index (χ1) is 9.72. The third kappa shape index (κ3) is 3.98. The van der Waals surface area contributed by atoms with Gasteiger partial charge in [0.2, 0.25) is 0 Å². The first-order valence-electron chi connectivity index (χ1n) is 7.44. The summed E-state index contributed by atoms with van der Waals surface area (Å²) in [4.78, 5) is 14.5. The van der Waals surface area contributed by atoms with Gasteiger partial charge < -0.3 is 9.64 Å². The molecule has 2 rings (SSSR count). The highest BCUT2D eigenvalue weighted by molar-refractivity contribution is 9.10. The summed E-state index contributed by atoms with van der Waals surface area (Å²) in [7, 11) is 0. The second-order valence-corrected chi connectivity index (χ2v) is 6.05. The van der Waals surface area contributed by atoms with E-state index in [0.717, 1.165) is 48.1 Å². The van der Waals surface area contributed by atoms with Gasteiger partial charge in [0.1, 0.15) is 5.75 Å². The molecule has 0 atom stereocenters. The zero-order valence-electron chi connectivity index (χ0n) is 12.0. The molecule has 0 N–H and O–H groups in total. The van der Waals surface area contributed by atoms with Crippen LogP contribution in [0.1, 0.15) is 49.4 Å². The minimum atomic E-state index is 0.134. The molecule has 0 bridgehead atoms. The van der Waals surface area contributed by atoms with Crippen LogP contribution in [0.5, 0.6) is 5.75 Å². The summed E-state index contributed by atoms with van der Waals surface area (Å²) in [5.41, 5.74) is 0.739. The number of rotatable bonds is 4. The van der Waals surface area contributed by atoms with Gasteiger partial charge in [0, 0.05) is 18.7 Å². The fraction of sp³-hybridized carbons (Fsp3) is 0.562. The van der Waals surface area contributed by atoms with E-state index in [4.69, 9.17) is 4.74 Å². The average Bonchev–Trinajstić information content (AvgIpc) is 2.74. The van der Waals surface area contributed by atoms with Crippen LogP contribution in [0, 0.1) is 0 Å². The van der Waals surface area contributed by atoms with Gasteiger partial charge in [-0.25, -0.2) is 0 Å². The van der Waals surface area contributed by atoms with Crippen molar-refractivity contribution in [3.63, 3.8) is 0 Å². The Morgan fingerprint density at radius 3 is 2.55 bits per heavy atom. The molecule has 0 spiro atoms. The lowest BCUT2D eigenvalue weighted by Gasteiger charge is -2.20. The molecule has 0 unspecified atom stereocenters. The number of amides is 1. The molecule has 110 valence electrons. The Morgan fingerprint density at radius 2 is 1.95 bits per heavy atom. The van der Waals surface area contributed by atoms with Gasteiger partial charge in [0.15, 0.2) is 0 Å². The predicted octanol–water partition coefficient (Wildman–Crippen LogP) is 4.25. The Labute approximate surface area is 129 Å². The molecule has 1 saturated heterocycles. The number of hydrogen-bond acceptors (Lipinski definition) is 2. The van der Waals surface area contributed by atoms with E-state index in [9.17, 15) is 4.79 Å². The summed E-state index contributed by atoms with van der Waals surface area (Å²) in [6, 6.07) is 5.62. The lowest BCUT2D eigenvalue weighted by Crippen LogP contribution is -2.31. The van der Waals surface area contributed by atoms with Gasteiger partial charge in [-0.15, -0.1) is 0 Å². The zero-order valence-corrected chi connectivity index (χ0v) is 13.6. The van der Waals surface area contributed by atoms with E-state index in [0.29, 0.717) is 6.61 Å². The van der Waals surface area contributed by atoms with Crippen molar-refractivity contribution in [2.45, 2.75) is 39.0 Å². The molecule has 1 aliphatic rings. The number of halogens is 1. The van der Waals surface area contributed by atoms with E-state index in [1.165, 1.54) is 12.8 Å². The summed E-state index contributed by atoms with van der Waals surface area (Å²) in [5, 5.41) is 0. The quantitative estimate of drug-likeness (QED) is 0.820.